The van der Waals surface area contributed by atoms with E-state index in [1.807, 2.05) is 19.2 Å². The van der Waals surface area contributed by atoms with Gasteiger partial charge in [-0.05, 0) is 25.0 Å². The van der Waals surface area contributed by atoms with Crippen LogP contribution in [-0.2, 0) is 7.05 Å². The molecule has 0 radical (unpaired) electrons. The second-order valence-electron chi connectivity index (χ2n) is 5.41. The van der Waals surface area contributed by atoms with Gasteiger partial charge in [-0.15, -0.1) is 0 Å². The van der Waals surface area contributed by atoms with Crippen LogP contribution in [0.3, 0.4) is 0 Å². The Kier molecular flexibility index (Phi) is 3.26. The summed E-state index contributed by atoms with van der Waals surface area (Å²) in [5.41, 5.74) is 12.9. The molecule has 1 aromatic heterocycles. The van der Waals surface area contributed by atoms with Gasteiger partial charge in [-0.1, -0.05) is 54.1 Å². The van der Waals surface area contributed by atoms with Gasteiger partial charge in [0.2, 0.25) is 0 Å². The maximum Gasteiger partial charge on any atom is 0.129 e. The van der Waals surface area contributed by atoms with Crippen molar-refractivity contribution in [1.82, 2.24) is 9.78 Å². The van der Waals surface area contributed by atoms with Crippen molar-refractivity contribution >= 4 is 5.82 Å². The van der Waals surface area contributed by atoms with Crippen molar-refractivity contribution in [2.45, 2.75) is 13.8 Å². The molecule has 2 N–H and O–H groups in total. The molecule has 0 aliphatic heterocycles. The standard InChI is InChI=1S/C18H19N3/c1-12-8-10-14(11-9-12)16-17(20-21(3)18(16)19)15-7-5-4-6-13(15)2/h4-11H,19H2,1-3H3. The van der Waals surface area contributed by atoms with Gasteiger partial charge in [0.25, 0.3) is 0 Å². The molecule has 0 aliphatic rings. The monoisotopic (exact) mass is 277 g/mol. The lowest BCUT2D eigenvalue weighted by Gasteiger charge is -2.07. The SMILES string of the molecule is Cc1ccc(-c2c(-c3ccccc3C)nn(C)c2N)cc1. The van der Waals surface area contributed by atoms with E-state index in [2.05, 4.69) is 55.3 Å². The van der Waals surface area contributed by atoms with Gasteiger partial charge in [-0.3, -0.25) is 4.68 Å². The molecule has 0 saturated carbocycles. The lowest BCUT2D eigenvalue weighted by Crippen LogP contribution is -1.97. The normalized spacial score (nSPS) is 10.8. The van der Waals surface area contributed by atoms with Gasteiger partial charge in [0.05, 0.1) is 5.56 Å². The maximum atomic E-state index is 6.26. The third-order valence-electron chi connectivity index (χ3n) is 3.83. The lowest BCUT2D eigenvalue weighted by atomic mass is 9.97. The third-order valence-corrected chi connectivity index (χ3v) is 3.83. The fourth-order valence-electron chi connectivity index (χ4n) is 2.57. The van der Waals surface area contributed by atoms with E-state index in [9.17, 15) is 0 Å². The molecule has 0 bridgehead atoms. The average Bonchev–Trinajstić information content (AvgIpc) is 2.76. The summed E-state index contributed by atoms with van der Waals surface area (Å²) >= 11 is 0. The summed E-state index contributed by atoms with van der Waals surface area (Å²) in [6.45, 7) is 4.18. The largest absolute Gasteiger partial charge is 0.383 e. The Bertz CT molecular complexity index is 783. The zero-order chi connectivity index (χ0) is 15.0. The van der Waals surface area contributed by atoms with E-state index in [1.165, 1.54) is 11.1 Å². The molecular weight excluding hydrogens is 258 g/mol. The fraction of sp³-hybridized carbons (Fsp3) is 0.167. The molecular formula is C18H19N3. The summed E-state index contributed by atoms with van der Waals surface area (Å²) in [5, 5.41) is 4.63. The van der Waals surface area contributed by atoms with Crippen molar-refractivity contribution in [3.63, 3.8) is 0 Å². The molecule has 21 heavy (non-hydrogen) atoms. The Morgan fingerprint density at radius 2 is 1.62 bits per heavy atom. The summed E-state index contributed by atoms with van der Waals surface area (Å²) < 4.78 is 1.75. The minimum absolute atomic E-state index is 0.692. The second-order valence-corrected chi connectivity index (χ2v) is 5.41. The van der Waals surface area contributed by atoms with Crippen LogP contribution in [0, 0.1) is 13.8 Å². The zero-order valence-corrected chi connectivity index (χ0v) is 12.6. The van der Waals surface area contributed by atoms with Crippen molar-refractivity contribution in [3.05, 3.63) is 59.7 Å². The van der Waals surface area contributed by atoms with Gasteiger partial charge in [0.15, 0.2) is 0 Å². The van der Waals surface area contributed by atoms with Crippen molar-refractivity contribution < 1.29 is 0 Å². The molecule has 0 fully saturated rings. The first-order chi connectivity index (χ1) is 10.1. The van der Waals surface area contributed by atoms with Crippen molar-refractivity contribution in [2.24, 2.45) is 7.05 Å². The number of rotatable bonds is 2. The van der Waals surface area contributed by atoms with E-state index < -0.39 is 0 Å². The van der Waals surface area contributed by atoms with Crippen molar-refractivity contribution in [2.75, 3.05) is 5.73 Å². The van der Waals surface area contributed by atoms with E-state index in [-0.39, 0.29) is 0 Å². The maximum absolute atomic E-state index is 6.26. The van der Waals surface area contributed by atoms with E-state index >= 15 is 0 Å². The highest BCUT2D eigenvalue weighted by Gasteiger charge is 2.18. The van der Waals surface area contributed by atoms with E-state index in [0.717, 1.165) is 22.4 Å². The van der Waals surface area contributed by atoms with Gasteiger partial charge >= 0.3 is 0 Å². The molecule has 0 amide bonds. The topological polar surface area (TPSA) is 43.8 Å². The quantitative estimate of drug-likeness (QED) is 0.770. The summed E-state index contributed by atoms with van der Waals surface area (Å²) in [7, 11) is 1.88. The molecule has 3 heteroatoms. The van der Waals surface area contributed by atoms with E-state index in [1.54, 1.807) is 4.68 Å². The van der Waals surface area contributed by atoms with Crippen LogP contribution in [-0.4, -0.2) is 9.78 Å². The van der Waals surface area contributed by atoms with Crippen LogP contribution >= 0.6 is 0 Å². The molecule has 0 saturated heterocycles. The minimum atomic E-state index is 0.692. The Morgan fingerprint density at radius 3 is 2.29 bits per heavy atom. The smallest absolute Gasteiger partial charge is 0.129 e. The first-order valence-electron chi connectivity index (χ1n) is 7.03. The predicted octanol–water partition coefficient (Wildman–Crippen LogP) is 3.95. The Balaban J connectivity index is 2.26. The van der Waals surface area contributed by atoms with Gasteiger partial charge in [0, 0.05) is 12.6 Å². The molecule has 2 aromatic carbocycles. The molecule has 0 spiro atoms. The van der Waals surface area contributed by atoms with Crippen molar-refractivity contribution in [1.29, 1.82) is 0 Å². The molecule has 106 valence electrons. The number of nitrogens with zero attached hydrogens (tertiary/aromatic N) is 2. The number of aryl methyl sites for hydroxylation is 3. The summed E-state index contributed by atoms with van der Waals surface area (Å²) in [4.78, 5) is 0. The van der Waals surface area contributed by atoms with Crippen LogP contribution in [0.5, 0.6) is 0 Å². The first kappa shape index (κ1) is 13.4. The highest BCUT2D eigenvalue weighted by molar-refractivity contribution is 5.89. The first-order valence-corrected chi connectivity index (χ1v) is 7.03. The number of hydrogen-bond donors (Lipinski definition) is 1. The van der Waals surface area contributed by atoms with Gasteiger partial charge < -0.3 is 5.73 Å². The zero-order valence-electron chi connectivity index (χ0n) is 12.6. The molecule has 0 unspecified atom stereocenters. The molecule has 3 rings (SSSR count). The number of nitrogen functional groups attached to an aromatic ring is 1. The Labute approximate surface area is 125 Å². The molecule has 0 aliphatic carbocycles. The summed E-state index contributed by atoms with van der Waals surface area (Å²) in [6.07, 6.45) is 0. The summed E-state index contributed by atoms with van der Waals surface area (Å²) in [6, 6.07) is 16.7. The van der Waals surface area contributed by atoms with Crippen LogP contribution in [0.1, 0.15) is 11.1 Å². The van der Waals surface area contributed by atoms with E-state index in [0.29, 0.717) is 5.82 Å². The number of nitrogens with two attached hydrogens (primary N) is 1. The number of anilines is 1. The highest BCUT2D eigenvalue weighted by atomic mass is 15.3. The summed E-state index contributed by atoms with van der Waals surface area (Å²) in [5.74, 6) is 0.692. The average molecular weight is 277 g/mol. The van der Waals surface area contributed by atoms with Crippen LogP contribution < -0.4 is 5.73 Å². The molecule has 1 heterocycles. The van der Waals surface area contributed by atoms with Crippen LogP contribution in [0.2, 0.25) is 0 Å². The van der Waals surface area contributed by atoms with Crippen molar-refractivity contribution in [3.8, 4) is 22.4 Å². The molecule has 3 nitrogen and oxygen atoms in total. The van der Waals surface area contributed by atoms with E-state index in [4.69, 9.17) is 5.73 Å². The van der Waals surface area contributed by atoms with Crippen LogP contribution in [0.15, 0.2) is 48.5 Å². The number of hydrogen-bond acceptors (Lipinski definition) is 2. The molecule has 0 atom stereocenters. The Hall–Kier alpha value is -2.55. The highest BCUT2D eigenvalue weighted by Crippen LogP contribution is 2.37. The van der Waals surface area contributed by atoms with Gasteiger partial charge in [-0.2, -0.15) is 5.10 Å². The number of aromatic nitrogens is 2. The van der Waals surface area contributed by atoms with Crippen LogP contribution in [0.4, 0.5) is 5.82 Å². The lowest BCUT2D eigenvalue weighted by molar-refractivity contribution is 0.782. The second kappa shape index (κ2) is 5.09. The number of benzene rings is 2. The van der Waals surface area contributed by atoms with Gasteiger partial charge in [0.1, 0.15) is 11.5 Å². The Morgan fingerprint density at radius 1 is 0.952 bits per heavy atom. The fourth-order valence-corrected chi connectivity index (χ4v) is 2.57. The predicted molar refractivity (Wildman–Crippen MR) is 88.0 cm³/mol. The van der Waals surface area contributed by atoms with Crippen LogP contribution in [0.25, 0.3) is 22.4 Å². The third kappa shape index (κ3) is 2.31. The van der Waals surface area contributed by atoms with Gasteiger partial charge in [-0.25, -0.2) is 0 Å². The molecule has 3 aromatic rings. The minimum Gasteiger partial charge on any atom is -0.383 e.